The van der Waals surface area contributed by atoms with Gasteiger partial charge in [0, 0.05) is 5.56 Å². The van der Waals surface area contributed by atoms with Gasteiger partial charge in [0.15, 0.2) is 17.6 Å². The highest BCUT2D eigenvalue weighted by atomic mass is 16.2. The molecule has 2 aliphatic heterocycles. The Bertz CT molecular complexity index is 1310. The number of carbonyl (C=O) groups excluding carboxylic acids is 2. The summed E-state index contributed by atoms with van der Waals surface area (Å²) in [7, 11) is 0. The first-order valence-electron chi connectivity index (χ1n) is 10.4. The van der Waals surface area contributed by atoms with Gasteiger partial charge in [0.2, 0.25) is 0 Å². The van der Waals surface area contributed by atoms with Crippen LogP contribution in [0.5, 0.6) is 0 Å². The predicted octanol–water partition coefficient (Wildman–Crippen LogP) is 3.49. The number of nitrogens with one attached hydrogen (secondary N) is 2. The number of amidine groups is 1. The molecule has 0 radical (unpaired) electrons. The number of fused-ring (bicyclic) bond motifs is 1. The van der Waals surface area contributed by atoms with E-state index in [1.165, 1.54) is 5.01 Å². The van der Waals surface area contributed by atoms with Gasteiger partial charge in [0.1, 0.15) is 5.71 Å². The fraction of sp³-hybridized carbons (Fsp3) is 0.0800. The van der Waals surface area contributed by atoms with Crippen molar-refractivity contribution in [3.63, 3.8) is 0 Å². The smallest absolute Gasteiger partial charge is 0.276 e. The molecule has 0 aliphatic carbocycles. The average molecular weight is 436 g/mol. The topological polar surface area (TPSA) is 98.5 Å². The van der Waals surface area contributed by atoms with Crippen molar-refractivity contribution in [3.05, 3.63) is 96.1 Å². The maximum absolute atomic E-state index is 13.3. The first-order valence-corrected chi connectivity index (χ1v) is 10.4. The van der Waals surface area contributed by atoms with Crippen LogP contribution in [0, 0.1) is 0 Å². The fourth-order valence-electron chi connectivity index (χ4n) is 3.67. The number of benzene rings is 3. The highest BCUT2D eigenvalue weighted by Gasteiger charge is 2.33. The summed E-state index contributed by atoms with van der Waals surface area (Å²) >= 11 is 0. The zero-order valence-corrected chi connectivity index (χ0v) is 17.8. The van der Waals surface area contributed by atoms with E-state index in [9.17, 15) is 9.59 Å². The van der Waals surface area contributed by atoms with E-state index in [2.05, 4.69) is 25.9 Å². The normalized spacial score (nSPS) is 19.1. The molecule has 162 valence electrons. The molecule has 8 heteroatoms. The van der Waals surface area contributed by atoms with Crippen molar-refractivity contribution in [3.8, 4) is 0 Å². The van der Waals surface area contributed by atoms with E-state index < -0.39 is 6.04 Å². The van der Waals surface area contributed by atoms with Crippen LogP contribution in [0.3, 0.4) is 0 Å². The molecule has 3 aromatic rings. The van der Waals surface area contributed by atoms with Crippen LogP contribution in [0.25, 0.3) is 0 Å². The van der Waals surface area contributed by atoms with Crippen LogP contribution in [0.1, 0.15) is 24.1 Å². The van der Waals surface area contributed by atoms with E-state index in [0.717, 1.165) is 5.56 Å². The number of carbonyl (C=O) groups is 2. The SMILES string of the molecule is C/C(=N/N=C1\C(=O)Nc2ccccc21)C1=NC(c2ccccc2)C(=O)N(c2ccccc2)N1. The van der Waals surface area contributed by atoms with Gasteiger partial charge in [-0.05, 0) is 30.7 Å². The van der Waals surface area contributed by atoms with Crippen LogP contribution in [0.2, 0.25) is 0 Å². The largest absolute Gasteiger partial charge is 0.320 e. The minimum absolute atomic E-state index is 0.209. The second kappa shape index (κ2) is 8.51. The number of para-hydroxylation sites is 2. The van der Waals surface area contributed by atoms with Crippen LogP contribution < -0.4 is 15.8 Å². The average Bonchev–Trinajstić information content (AvgIpc) is 3.18. The maximum Gasteiger partial charge on any atom is 0.276 e. The highest BCUT2D eigenvalue weighted by Crippen LogP contribution is 2.26. The van der Waals surface area contributed by atoms with Gasteiger partial charge in [-0.25, -0.2) is 10.0 Å². The second-order valence-corrected chi connectivity index (χ2v) is 7.55. The van der Waals surface area contributed by atoms with Crippen molar-refractivity contribution in [2.75, 3.05) is 10.3 Å². The van der Waals surface area contributed by atoms with E-state index in [4.69, 9.17) is 0 Å². The van der Waals surface area contributed by atoms with E-state index in [1.54, 1.807) is 6.92 Å². The van der Waals surface area contributed by atoms with E-state index in [-0.39, 0.29) is 17.5 Å². The summed E-state index contributed by atoms with van der Waals surface area (Å²) in [6, 6.07) is 25.2. The minimum atomic E-state index is -0.740. The van der Waals surface area contributed by atoms with Crippen LogP contribution in [0.4, 0.5) is 11.4 Å². The Labute approximate surface area is 190 Å². The van der Waals surface area contributed by atoms with Gasteiger partial charge >= 0.3 is 0 Å². The lowest BCUT2D eigenvalue weighted by molar-refractivity contribution is -0.120. The Morgan fingerprint density at radius 3 is 2.33 bits per heavy atom. The minimum Gasteiger partial charge on any atom is -0.320 e. The molecule has 2 N–H and O–H groups in total. The number of hydrazine groups is 1. The van der Waals surface area contributed by atoms with Gasteiger partial charge in [-0.2, -0.15) is 5.10 Å². The van der Waals surface area contributed by atoms with Crippen molar-refractivity contribution in [1.82, 2.24) is 5.43 Å². The molecule has 0 bridgehead atoms. The Morgan fingerprint density at radius 2 is 1.58 bits per heavy atom. The summed E-state index contributed by atoms with van der Waals surface area (Å²) < 4.78 is 0. The van der Waals surface area contributed by atoms with Crippen molar-refractivity contribution < 1.29 is 9.59 Å². The van der Waals surface area contributed by atoms with Crippen molar-refractivity contribution in [2.45, 2.75) is 13.0 Å². The summed E-state index contributed by atoms with van der Waals surface area (Å²) in [5.41, 5.74) is 6.58. The third kappa shape index (κ3) is 3.89. The molecule has 5 rings (SSSR count). The van der Waals surface area contributed by atoms with Gasteiger partial charge in [-0.15, -0.1) is 5.10 Å². The van der Waals surface area contributed by atoms with Gasteiger partial charge in [0.05, 0.1) is 11.4 Å². The van der Waals surface area contributed by atoms with Crippen molar-refractivity contribution >= 4 is 40.4 Å². The highest BCUT2D eigenvalue weighted by molar-refractivity contribution is 6.54. The molecule has 2 aliphatic rings. The molecule has 0 aromatic heterocycles. The number of nitrogens with zero attached hydrogens (tertiary/aromatic N) is 4. The number of amides is 2. The number of rotatable bonds is 4. The lowest BCUT2D eigenvalue weighted by Crippen LogP contribution is -2.54. The zero-order valence-electron chi connectivity index (χ0n) is 17.8. The Balaban J connectivity index is 1.53. The van der Waals surface area contributed by atoms with Gasteiger partial charge in [-0.3, -0.25) is 15.0 Å². The predicted molar refractivity (Wildman–Crippen MR) is 128 cm³/mol. The van der Waals surface area contributed by atoms with E-state index in [0.29, 0.717) is 28.5 Å². The monoisotopic (exact) mass is 436 g/mol. The summed E-state index contributed by atoms with van der Waals surface area (Å²) in [5, 5.41) is 12.7. The van der Waals surface area contributed by atoms with Crippen LogP contribution in [0.15, 0.2) is 100 Å². The van der Waals surface area contributed by atoms with Crippen LogP contribution in [-0.2, 0) is 9.59 Å². The molecule has 2 heterocycles. The molecule has 1 atom stereocenters. The third-order valence-corrected chi connectivity index (χ3v) is 5.35. The number of anilines is 2. The Hall–Kier alpha value is -4.59. The number of hydrogen-bond donors (Lipinski definition) is 2. The molecule has 33 heavy (non-hydrogen) atoms. The maximum atomic E-state index is 13.3. The van der Waals surface area contributed by atoms with E-state index >= 15 is 0 Å². The lowest BCUT2D eigenvalue weighted by atomic mass is 10.1. The fourth-order valence-corrected chi connectivity index (χ4v) is 3.67. The van der Waals surface area contributed by atoms with Gasteiger partial charge in [0.25, 0.3) is 11.8 Å². The number of hydrogen-bond acceptors (Lipinski definition) is 6. The molecule has 0 saturated heterocycles. The number of aliphatic imine (C=N–C) groups is 1. The van der Waals surface area contributed by atoms with E-state index in [1.807, 2.05) is 84.9 Å². The second-order valence-electron chi connectivity index (χ2n) is 7.55. The van der Waals surface area contributed by atoms with Gasteiger partial charge in [-0.1, -0.05) is 66.7 Å². The molecular formula is C25H20N6O2. The van der Waals surface area contributed by atoms with Crippen LogP contribution in [-0.4, -0.2) is 29.1 Å². The van der Waals surface area contributed by atoms with Gasteiger partial charge < -0.3 is 5.32 Å². The summed E-state index contributed by atoms with van der Waals surface area (Å²) in [6.07, 6.45) is 0. The van der Waals surface area contributed by atoms with Crippen molar-refractivity contribution in [1.29, 1.82) is 0 Å². The molecule has 3 aromatic carbocycles. The third-order valence-electron chi connectivity index (χ3n) is 5.35. The van der Waals surface area contributed by atoms with Crippen molar-refractivity contribution in [2.24, 2.45) is 15.2 Å². The molecule has 0 spiro atoms. The first kappa shape index (κ1) is 20.3. The Kier molecular flexibility index (Phi) is 5.24. The molecule has 8 nitrogen and oxygen atoms in total. The summed E-state index contributed by atoms with van der Waals surface area (Å²) in [5.74, 6) is -0.128. The lowest BCUT2D eigenvalue weighted by Gasteiger charge is -2.32. The standard InChI is InChI=1S/C25H20N6O2/c1-16(28-29-22-19-14-8-9-15-20(19)26-24(22)32)23-27-21(17-10-4-2-5-11-17)25(33)31(30-23)18-12-6-3-7-13-18/h2-15,21H,1H3,(H,27,30)(H,26,29,32)/b28-16-. The molecule has 1 unspecified atom stereocenters. The first-order chi connectivity index (χ1) is 16.1. The summed E-state index contributed by atoms with van der Waals surface area (Å²) in [4.78, 5) is 30.2. The van der Waals surface area contributed by atoms with Crippen LogP contribution >= 0.6 is 0 Å². The quantitative estimate of drug-likeness (QED) is 0.484. The molecule has 2 amide bonds. The Morgan fingerprint density at radius 1 is 0.909 bits per heavy atom. The zero-order chi connectivity index (χ0) is 22.8. The molecular weight excluding hydrogens is 416 g/mol. The molecule has 0 saturated carbocycles. The molecule has 0 fully saturated rings. The summed E-state index contributed by atoms with van der Waals surface area (Å²) in [6.45, 7) is 1.73.